The molecule has 5 nitrogen and oxygen atoms in total. The average Bonchev–Trinajstić information content (AvgIpc) is 2.61. The van der Waals surface area contributed by atoms with Crippen LogP contribution in [0.4, 0.5) is 0 Å². The summed E-state index contributed by atoms with van der Waals surface area (Å²) < 4.78 is 0. The third-order valence-corrected chi connectivity index (χ3v) is 3.96. The van der Waals surface area contributed by atoms with Gasteiger partial charge in [0.2, 0.25) is 0 Å². The summed E-state index contributed by atoms with van der Waals surface area (Å²) in [5.74, 6) is 0.446. The zero-order valence-corrected chi connectivity index (χ0v) is 12.3. The van der Waals surface area contributed by atoms with Crippen LogP contribution in [0.1, 0.15) is 60.4 Å². The van der Waals surface area contributed by atoms with Crippen LogP contribution in [0.15, 0.2) is 6.20 Å². The van der Waals surface area contributed by atoms with Gasteiger partial charge in [-0.1, -0.05) is 25.7 Å². The second kappa shape index (κ2) is 6.31. The van der Waals surface area contributed by atoms with Crippen molar-refractivity contribution in [3.63, 3.8) is 0 Å². The summed E-state index contributed by atoms with van der Waals surface area (Å²) in [6, 6.07) is 0. The number of nitrogens with one attached hydrogen (secondary N) is 1. The molecule has 1 aliphatic carbocycles. The van der Waals surface area contributed by atoms with Crippen LogP contribution < -0.4 is 5.32 Å². The Labute approximate surface area is 119 Å². The molecule has 1 aromatic rings. The molecule has 1 saturated carbocycles. The SMILES string of the molecule is Cc1ncc(C(=O)NCC2(O)CCCCCC2)c(C)n1. The Kier molecular flexibility index (Phi) is 4.70. The molecule has 0 aliphatic heterocycles. The van der Waals surface area contributed by atoms with E-state index in [1.54, 1.807) is 20.0 Å². The van der Waals surface area contributed by atoms with Crippen LogP contribution in [0.2, 0.25) is 0 Å². The van der Waals surface area contributed by atoms with Crippen molar-refractivity contribution in [2.45, 2.75) is 58.0 Å². The quantitative estimate of drug-likeness (QED) is 0.828. The van der Waals surface area contributed by atoms with Crippen LogP contribution in [-0.2, 0) is 0 Å². The fourth-order valence-electron chi connectivity index (χ4n) is 2.71. The summed E-state index contributed by atoms with van der Waals surface area (Å²) in [4.78, 5) is 20.4. The topological polar surface area (TPSA) is 75.1 Å². The van der Waals surface area contributed by atoms with Crippen molar-refractivity contribution in [2.24, 2.45) is 0 Å². The first-order valence-corrected chi connectivity index (χ1v) is 7.31. The maximum absolute atomic E-state index is 12.1. The highest BCUT2D eigenvalue weighted by molar-refractivity contribution is 5.94. The van der Waals surface area contributed by atoms with Gasteiger partial charge in [-0.3, -0.25) is 4.79 Å². The highest BCUT2D eigenvalue weighted by Gasteiger charge is 2.28. The summed E-state index contributed by atoms with van der Waals surface area (Å²) in [6.07, 6.45) is 7.46. The molecular formula is C15H23N3O2. The second-order valence-corrected chi connectivity index (χ2v) is 5.74. The van der Waals surface area contributed by atoms with Crippen LogP contribution in [-0.4, -0.2) is 33.1 Å². The van der Waals surface area contributed by atoms with Gasteiger partial charge in [-0.2, -0.15) is 0 Å². The fourth-order valence-corrected chi connectivity index (χ4v) is 2.71. The average molecular weight is 277 g/mol. The van der Waals surface area contributed by atoms with Gasteiger partial charge in [-0.05, 0) is 26.7 Å². The van der Waals surface area contributed by atoms with Gasteiger partial charge in [0.15, 0.2) is 0 Å². The Hall–Kier alpha value is -1.49. The van der Waals surface area contributed by atoms with E-state index in [0.29, 0.717) is 23.6 Å². The van der Waals surface area contributed by atoms with E-state index >= 15 is 0 Å². The molecule has 0 saturated heterocycles. The van der Waals surface area contributed by atoms with Gasteiger partial charge in [-0.25, -0.2) is 9.97 Å². The molecule has 0 bridgehead atoms. The molecule has 0 unspecified atom stereocenters. The second-order valence-electron chi connectivity index (χ2n) is 5.74. The Morgan fingerprint density at radius 1 is 1.30 bits per heavy atom. The van der Waals surface area contributed by atoms with Crippen molar-refractivity contribution in [2.75, 3.05) is 6.54 Å². The molecule has 5 heteroatoms. The number of nitrogens with zero attached hydrogens (tertiary/aromatic N) is 2. The van der Waals surface area contributed by atoms with Gasteiger partial charge in [-0.15, -0.1) is 0 Å². The number of aliphatic hydroxyl groups is 1. The Balaban J connectivity index is 1.97. The predicted molar refractivity (Wildman–Crippen MR) is 76.5 cm³/mol. The van der Waals surface area contributed by atoms with E-state index in [1.807, 2.05) is 0 Å². The first-order valence-electron chi connectivity index (χ1n) is 7.31. The van der Waals surface area contributed by atoms with Gasteiger partial charge >= 0.3 is 0 Å². The van der Waals surface area contributed by atoms with E-state index in [0.717, 1.165) is 25.7 Å². The molecule has 0 atom stereocenters. The molecule has 1 aromatic heterocycles. The lowest BCUT2D eigenvalue weighted by molar-refractivity contribution is 0.0246. The van der Waals surface area contributed by atoms with Crippen LogP contribution in [0.3, 0.4) is 0 Å². The summed E-state index contributed by atoms with van der Waals surface area (Å²) >= 11 is 0. The van der Waals surface area contributed by atoms with E-state index < -0.39 is 5.60 Å². The van der Waals surface area contributed by atoms with E-state index in [4.69, 9.17) is 0 Å². The monoisotopic (exact) mass is 277 g/mol. The van der Waals surface area contributed by atoms with Gasteiger partial charge in [0.05, 0.1) is 16.9 Å². The van der Waals surface area contributed by atoms with Crippen molar-refractivity contribution in [3.05, 3.63) is 23.3 Å². The first kappa shape index (κ1) is 14.9. The summed E-state index contributed by atoms with van der Waals surface area (Å²) in [5, 5.41) is 13.3. The number of aromatic nitrogens is 2. The lowest BCUT2D eigenvalue weighted by Crippen LogP contribution is -2.42. The van der Waals surface area contributed by atoms with Gasteiger partial charge < -0.3 is 10.4 Å². The van der Waals surface area contributed by atoms with Crippen molar-refractivity contribution >= 4 is 5.91 Å². The molecular weight excluding hydrogens is 254 g/mol. The largest absolute Gasteiger partial charge is 0.388 e. The summed E-state index contributed by atoms with van der Waals surface area (Å²) in [5.41, 5.74) is 0.390. The standard InChI is InChI=1S/C15H23N3O2/c1-11-13(9-16-12(2)18-11)14(19)17-10-15(20)7-5-3-4-6-8-15/h9,20H,3-8,10H2,1-2H3,(H,17,19). The number of amides is 1. The fraction of sp³-hybridized carbons (Fsp3) is 0.667. The lowest BCUT2D eigenvalue weighted by atomic mass is 9.94. The first-order chi connectivity index (χ1) is 9.50. The number of hydrogen-bond donors (Lipinski definition) is 2. The van der Waals surface area contributed by atoms with E-state index in [2.05, 4.69) is 15.3 Å². The van der Waals surface area contributed by atoms with Crippen molar-refractivity contribution in [1.82, 2.24) is 15.3 Å². The molecule has 2 N–H and O–H groups in total. The zero-order valence-electron chi connectivity index (χ0n) is 12.3. The third kappa shape index (κ3) is 3.76. The van der Waals surface area contributed by atoms with E-state index in [-0.39, 0.29) is 5.91 Å². The van der Waals surface area contributed by atoms with Gasteiger partial charge in [0, 0.05) is 12.7 Å². The number of aryl methyl sites for hydroxylation is 2. The minimum absolute atomic E-state index is 0.208. The van der Waals surface area contributed by atoms with Crippen molar-refractivity contribution < 1.29 is 9.90 Å². The zero-order chi connectivity index (χ0) is 14.6. The number of carbonyl (C=O) groups excluding carboxylic acids is 1. The molecule has 1 aliphatic rings. The maximum Gasteiger partial charge on any atom is 0.254 e. The predicted octanol–water partition coefficient (Wildman–Crippen LogP) is 1.91. The molecule has 1 amide bonds. The molecule has 1 fully saturated rings. The minimum atomic E-state index is -0.758. The van der Waals surface area contributed by atoms with E-state index in [9.17, 15) is 9.90 Å². The van der Waals surface area contributed by atoms with Crippen LogP contribution in [0.25, 0.3) is 0 Å². The highest BCUT2D eigenvalue weighted by atomic mass is 16.3. The molecule has 20 heavy (non-hydrogen) atoms. The molecule has 0 radical (unpaired) electrons. The number of carbonyl (C=O) groups is 1. The Bertz CT molecular complexity index is 480. The smallest absolute Gasteiger partial charge is 0.254 e. The molecule has 2 rings (SSSR count). The lowest BCUT2D eigenvalue weighted by Gasteiger charge is -2.26. The number of rotatable bonds is 3. The van der Waals surface area contributed by atoms with Crippen LogP contribution >= 0.6 is 0 Å². The Morgan fingerprint density at radius 2 is 1.95 bits per heavy atom. The third-order valence-electron chi connectivity index (χ3n) is 3.96. The highest BCUT2D eigenvalue weighted by Crippen LogP contribution is 2.26. The Morgan fingerprint density at radius 3 is 2.55 bits per heavy atom. The normalized spacial score (nSPS) is 18.4. The maximum atomic E-state index is 12.1. The number of hydrogen-bond acceptors (Lipinski definition) is 4. The summed E-state index contributed by atoms with van der Waals surface area (Å²) in [7, 11) is 0. The summed E-state index contributed by atoms with van der Waals surface area (Å²) in [6.45, 7) is 3.89. The molecule has 1 heterocycles. The molecule has 110 valence electrons. The molecule has 0 spiro atoms. The van der Waals surface area contributed by atoms with E-state index in [1.165, 1.54) is 12.8 Å². The van der Waals surface area contributed by atoms with Crippen LogP contribution in [0, 0.1) is 13.8 Å². The van der Waals surface area contributed by atoms with Gasteiger partial charge in [0.1, 0.15) is 5.82 Å². The molecule has 0 aromatic carbocycles. The van der Waals surface area contributed by atoms with Crippen LogP contribution in [0.5, 0.6) is 0 Å². The minimum Gasteiger partial charge on any atom is -0.388 e. The van der Waals surface area contributed by atoms with Crippen molar-refractivity contribution in [3.8, 4) is 0 Å². The van der Waals surface area contributed by atoms with Gasteiger partial charge in [0.25, 0.3) is 5.91 Å². The van der Waals surface area contributed by atoms with Crippen molar-refractivity contribution in [1.29, 1.82) is 0 Å².